The van der Waals surface area contributed by atoms with Crippen LogP contribution in [0.2, 0.25) is 0 Å². The van der Waals surface area contributed by atoms with Gasteiger partial charge in [0.1, 0.15) is 5.82 Å². The van der Waals surface area contributed by atoms with Crippen molar-refractivity contribution in [1.29, 1.82) is 0 Å². The summed E-state index contributed by atoms with van der Waals surface area (Å²) in [4.78, 5) is 28.8. The zero-order valence-corrected chi connectivity index (χ0v) is 17.3. The van der Waals surface area contributed by atoms with Crippen molar-refractivity contribution in [3.63, 3.8) is 0 Å². The Balaban J connectivity index is 1.46. The van der Waals surface area contributed by atoms with Crippen LogP contribution in [0.4, 0.5) is 11.4 Å². The highest BCUT2D eigenvalue weighted by atomic mass is 16.2. The van der Waals surface area contributed by atoms with E-state index in [2.05, 4.69) is 15.2 Å². The molecule has 0 atom stereocenters. The van der Waals surface area contributed by atoms with E-state index in [0.717, 1.165) is 22.5 Å². The minimum atomic E-state index is -0.0861. The fourth-order valence-corrected chi connectivity index (χ4v) is 3.44. The van der Waals surface area contributed by atoms with Crippen LogP contribution in [0.5, 0.6) is 0 Å². The summed E-state index contributed by atoms with van der Waals surface area (Å²) >= 11 is 0. The highest BCUT2D eigenvalue weighted by Gasteiger charge is 2.13. The zero-order chi connectivity index (χ0) is 21.6. The lowest BCUT2D eigenvalue weighted by molar-refractivity contribution is -0.116. The fourth-order valence-electron chi connectivity index (χ4n) is 3.44. The first-order valence-corrected chi connectivity index (χ1v) is 10.4. The standard InChI is InChI=1S/C25H24N4O2/c1-2-24(30)26-18-12-14-19(15-13-18)27-25(31)17-16-23-28-21-10-6-7-11-22(21)29(23)20-8-4-3-5-9-20/h3-15H,2,16-17H2,1H3,(H,26,30)(H,27,31). The molecule has 0 aliphatic heterocycles. The van der Waals surface area contributed by atoms with Crippen molar-refractivity contribution in [1.82, 2.24) is 9.55 Å². The molecule has 1 aromatic heterocycles. The summed E-state index contributed by atoms with van der Waals surface area (Å²) in [6.45, 7) is 1.80. The Bertz CT molecular complexity index is 1200. The highest BCUT2D eigenvalue weighted by molar-refractivity contribution is 5.93. The van der Waals surface area contributed by atoms with Gasteiger partial charge in [0.05, 0.1) is 11.0 Å². The number of hydrogen-bond acceptors (Lipinski definition) is 3. The Morgan fingerprint density at radius 2 is 1.42 bits per heavy atom. The molecule has 4 rings (SSSR count). The maximum absolute atomic E-state index is 12.5. The van der Waals surface area contributed by atoms with Gasteiger partial charge < -0.3 is 10.6 Å². The minimum absolute atomic E-state index is 0.0434. The van der Waals surface area contributed by atoms with Gasteiger partial charge in [0.15, 0.2) is 0 Å². The summed E-state index contributed by atoms with van der Waals surface area (Å²) in [6.07, 6.45) is 1.25. The molecule has 0 aliphatic rings. The second kappa shape index (κ2) is 9.26. The summed E-state index contributed by atoms with van der Waals surface area (Å²) in [5, 5.41) is 5.70. The Labute approximate surface area is 180 Å². The number of nitrogens with zero attached hydrogens (tertiary/aromatic N) is 2. The number of para-hydroxylation sites is 3. The molecule has 0 unspecified atom stereocenters. The minimum Gasteiger partial charge on any atom is -0.326 e. The Hall–Kier alpha value is -3.93. The summed E-state index contributed by atoms with van der Waals surface area (Å²) in [7, 11) is 0. The second-order valence-electron chi connectivity index (χ2n) is 7.21. The smallest absolute Gasteiger partial charge is 0.224 e. The van der Waals surface area contributed by atoms with Crippen molar-refractivity contribution < 1.29 is 9.59 Å². The van der Waals surface area contributed by atoms with Gasteiger partial charge in [0.25, 0.3) is 0 Å². The lowest BCUT2D eigenvalue weighted by Gasteiger charge is -2.10. The van der Waals surface area contributed by atoms with E-state index < -0.39 is 0 Å². The van der Waals surface area contributed by atoms with Crippen molar-refractivity contribution in [3.05, 3.63) is 84.7 Å². The van der Waals surface area contributed by atoms with Gasteiger partial charge >= 0.3 is 0 Å². The lowest BCUT2D eigenvalue weighted by Crippen LogP contribution is -2.14. The normalized spacial score (nSPS) is 10.7. The molecule has 4 aromatic rings. The van der Waals surface area contributed by atoms with Gasteiger partial charge in [-0.2, -0.15) is 0 Å². The summed E-state index contributed by atoms with van der Waals surface area (Å²) < 4.78 is 2.10. The van der Waals surface area contributed by atoms with Crippen molar-refractivity contribution >= 4 is 34.2 Å². The van der Waals surface area contributed by atoms with E-state index in [-0.39, 0.29) is 11.8 Å². The molecule has 3 aromatic carbocycles. The first-order chi connectivity index (χ1) is 15.1. The summed E-state index contributed by atoms with van der Waals surface area (Å²) in [5.74, 6) is 0.718. The molecule has 6 nitrogen and oxygen atoms in total. The van der Waals surface area contributed by atoms with Crippen molar-refractivity contribution in [2.45, 2.75) is 26.2 Å². The first kappa shape index (κ1) is 20.3. The third kappa shape index (κ3) is 4.80. The van der Waals surface area contributed by atoms with E-state index in [0.29, 0.717) is 30.6 Å². The third-order valence-electron chi connectivity index (χ3n) is 4.99. The number of fused-ring (bicyclic) bond motifs is 1. The van der Waals surface area contributed by atoms with E-state index in [1.54, 1.807) is 31.2 Å². The van der Waals surface area contributed by atoms with Gasteiger partial charge in [-0.15, -0.1) is 0 Å². The molecule has 0 spiro atoms. The van der Waals surface area contributed by atoms with Gasteiger partial charge in [-0.05, 0) is 48.5 Å². The number of imidazole rings is 1. The lowest BCUT2D eigenvalue weighted by atomic mass is 10.2. The average molecular weight is 412 g/mol. The molecule has 0 radical (unpaired) electrons. The molecule has 0 saturated carbocycles. The van der Waals surface area contributed by atoms with Crippen LogP contribution < -0.4 is 10.6 Å². The molecule has 0 aliphatic carbocycles. The number of nitrogens with one attached hydrogen (secondary N) is 2. The molecule has 2 N–H and O–H groups in total. The Morgan fingerprint density at radius 1 is 0.806 bits per heavy atom. The van der Waals surface area contributed by atoms with Gasteiger partial charge in [-0.1, -0.05) is 37.3 Å². The molecule has 2 amide bonds. The van der Waals surface area contributed by atoms with Crippen LogP contribution in [-0.4, -0.2) is 21.4 Å². The summed E-state index contributed by atoms with van der Waals surface area (Å²) in [6, 6.07) is 25.1. The first-order valence-electron chi connectivity index (χ1n) is 10.4. The number of amides is 2. The van der Waals surface area contributed by atoms with E-state index >= 15 is 0 Å². The highest BCUT2D eigenvalue weighted by Crippen LogP contribution is 2.22. The maximum Gasteiger partial charge on any atom is 0.224 e. The molecule has 0 saturated heterocycles. The molecular weight excluding hydrogens is 388 g/mol. The molecule has 6 heteroatoms. The van der Waals surface area contributed by atoms with Crippen molar-refractivity contribution in [2.75, 3.05) is 10.6 Å². The number of benzene rings is 3. The number of aromatic nitrogens is 2. The molecule has 0 bridgehead atoms. The number of carbonyl (C=O) groups is 2. The molecular formula is C25H24N4O2. The van der Waals surface area contributed by atoms with Gasteiger partial charge in [-0.3, -0.25) is 14.2 Å². The van der Waals surface area contributed by atoms with Gasteiger partial charge in [0, 0.05) is 36.3 Å². The van der Waals surface area contributed by atoms with Crippen LogP contribution in [0.1, 0.15) is 25.6 Å². The number of rotatable bonds is 7. The van der Waals surface area contributed by atoms with Crippen LogP contribution >= 0.6 is 0 Å². The molecule has 0 fully saturated rings. The molecule has 31 heavy (non-hydrogen) atoms. The Morgan fingerprint density at radius 3 is 2.10 bits per heavy atom. The van der Waals surface area contributed by atoms with Crippen LogP contribution in [0.25, 0.3) is 16.7 Å². The quantitative estimate of drug-likeness (QED) is 0.451. The van der Waals surface area contributed by atoms with Crippen molar-refractivity contribution in [3.8, 4) is 5.69 Å². The van der Waals surface area contributed by atoms with Crippen LogP contribution in [0, 0.1) is 0 Å². The topological polar surface area (TPSA) is 76.0 Å². The predicted molar refractivity (Wildman–Crippen MR) is 123 cm³/mol. The molecule has 1 heterocycles. The largest absolute Gasteiger partial charge is 0.326 e. The average Bonchev–Trinajstić information content (AvgIpc) is 3.18. The van der Waals surface area contributed by atoms with Gasteiger partial charge in [0.2, 0.25) is 11.8 Å². The summed E-state index contributed by atoms with van der Waals surface area (Å²) in [5.41, 5.74) is 4.36. The number of anilines is 2. The van der Waals surface area contributed by atoms with Gasteiger partial charge in [-0.25, -0.2) is 4.98 Å². The number of hydrogen-bond donors (Lipinski definition) is 2. The number of carbonyl (C=O) groups excluding carboxylic acids is 2. The van der Waals surface area contributed by atoms with E-state index in [4.69, 9.17) is 4.98 Å². The Kier molecular flexibility index (Phi) is 6.08. The van der Waals surface area contributed by atoms with E-state index in [1.165, 1.54) is 0 Å². The van der Waals surface area contributed by atoms with Crippen LogP contribution in [0.15, 0.2) is 78.9 Å². The van der Waals surface area contributed by atoms with E-state index in [9.17, 15) is 9.59 Å². The third-order valence-corrected chi connectivity index (χ3v) is 4.99. The van der Waals surface area contributed by atoms with Crippen LogP contribution in [-0.2, 0) is 16.0 Å². The maximum atomic E-state index is 12.5. The fraction of sp³-hybridized carbons (Fsp3) is 0.160. The predicted octanol–water partition coefficient (Wildman–Crippen LogP) is 4.95. The van der Waals surface area contributed by atoms with E-state index in [1.807, 2.05) is 54.6 Å². The monoisotopic (exact) mass is 412 g/mol. The second-order valence-corrected chi connectivity index (χ2v) is 7.21. The molecule has 156 valence electrons. The zero-order valence-electron chi connectivity index (χ0n) is 17.3. The number of aryl methyl sites for hydroxylation is 1. The van der Waals surface area contributed by atoms with Crippen molar-refractivity contribution in [2.24, 2.45) is 0 Å². The SMILES string of the molecule is CCC(=O)Nc1ccc(NC(=O)CCc2nc3ccccc3n2-c2ccccc2)cc1. The van der Waals surface area contributed by atoms with Crippen LogP contribution in [0.3, 0.4) is 0 Å².